The van der Waals surface area contributed by atoms with E-state index in [0.717, 1.165) is 25.8 Å². The Labute approximate surface area is 99.5 Å². The molecule has 0 radical (unpaired) electrons. The number of rotatable bonds is 1. The van der Waals surface area contributed by atoms with Crippen LogP contribution < -0.4 is 5.32 Å². The summed E-state index contributed by atoms with van der Waals surface area (Å²) in [6.45, 7) is 4.60. The van der Waals surface area contributed by atoms with Crippen LogP contribution in [0, 0.1) is 5.92 Å². The number of hydrogen-bond acceptors (Lipinski definition) is 1. The van der Waals surface area contributed by atoms with Crippen molar-refractivity contribution in [3.05, 3.63) is 12.7 Å². The van der Waals surface area contributed by atoms with Crippen LogP contribution in [0.3, 0.4) is 0 Å². The molecular formula is C14H25NO. The molecule has 1 atom stereocenters. The second-order valence-electron chi connectivity index (χ2n) is 4.75. The van der Waals surface area contributed by atoms with Gasteiger partial charge in [-0.2, -0.15) is 0 Å². The standard InChI is InChI=1S/C14H25NO/c1-2-13-11-9-7-5-3-4-6-8-10-12-15-14(13)16/h2,13H,1,3-12H2,(H,15,16). The molecule has 1 aliphatic heterocycles. The van der Waals surface area contributed by atoms with Gasteiger partial charge in [0.05, 0.1) is 5.92 Å². The molecule has 1 aliphatic rings. The van der Waals surface area contributed by atoms with E-state index in [-0.39, 0.29) is 11.8 Å². The molecule has 0 aromatic heterocycles. The van der Waals surface area contributed by atoms with Crippen molar-refractivity contribution in [3.63, 3.8) is 0 Å². The molecule has 1 saturated heterocycles. The van der Waals surface area contributed by atoms with Gasteiger partial charge in [0.2, 0.25) is 5.91 Å². The Morgan fingerprint density at radius 2 is 1.56 bits per heavy atom. The van der Waals surface area contributed by atoms with E-state index in [4.69, 9.17) is 0 Å². The first-order chi connectivity index (χ1) is 7.84. The molecule has 0 aliphatic carbocycles. The van der Waals surface area contributed by atoms with Crippen molar-refractivity contribution < 1.29 is 4.79 Å². The van der Waals surface area contributed by atoms with Gasteiger partial charge in [-0.3, -0.25) is 4.79 Å². The van der Waals surface area contributed by atoms with Crippen molar-refractivity contribution in [1.29, 1.82) is 0 Å². The highest BCUT2D eigenvalue weighted by atomic mass is 16.1. The van der Waals surface area contributed by atoms with Gasteiger partial charge in [0, 0.05) is 6.54 Å². The summed E-state index contributed by atoms with van der Waals surface area (Å²) in [5.41, 5.74) is 0. The van der Waals surface area contributed by atoms with Gasteiger partial charge in [-0.1, -0.05) is 51.0 Å². The van der Waals surface area contributed by atoms with E-state index in [2.05, 4.69) is 11.9 Å². The molecule has 2 heteroatoms. The van der Waals surface area contributed by atoms with Gasteiger partial charge in [0.25, 0.3) is 0 Å². The molecular weight excluding hydrogens is 198 g/mol. The molecule has 92 valence electrons. The summed E-state index contributed by atoms with van der Waals surface area (Å²) in [4.78, 5) is 11.8. The van der Waals surface area contributed by atoms with Crippen LogP contribution in [-0.4, -0.2) is 12.5 Å². The molecule has 0 spiro atoms. The fourth-order valence-corrected chi connectivity index (χ4v) is 2.25. The smallest absolute Gasteiger partial charge is 0.226 e. The van der Waals surface area contributed by atoms with Crippen molar-refractivity contribution in [1.82, 2.24) is 5.32 Å². The van der Waals surface area contributed by atoms with E-state index in [1.54, 1.807) is 6.08 Å². The topological polar surface area (TPSA) is 29.1 Å². The van der Waals surface area contributed by atoms with E-state index in [9.17, 15) is 4.79 Å². The molecule has 1 unspecified atom stereocenters. The molecule has 1 amide bonds. The van der Waals surface area contributed by atoms with E-state index in [1.807, 2.05) is 0 Å². The van der Waals surface area contributed by atoms with Crippen LogP contribution in [0.5, 0.6) is 0 Å². The normalized spacial score (nSPS) is 25.8. The van der Waals surface area contributed by atoms with E-state index in [1.165, 1.54) is 38.5 Å². The Hall–Kier alpha value is -0.790. The van der Waals surface area contributed by atoms with Crippen LogP contribution >= 0.6 is 0 Å². The van der Waals surface area contributed by atoms with Gasteiger partial charge in [0.1, 0.15) is 0 Å². The maximum Gasteiger partial charge on any atom is 0.226 e. The summed E-state index contributed by atoms with van der Waals surface area (Å²) >= 11 is 0. The van der Waals surface area contributed by atoms with Gasteiger partial charge < -0.3 is 5.32 Å². The van der Waals surface area contributed by atoms with Crippen molar-refractivity contribution >= 4 is 5.91 Å². The third kappa shape index (κ3) is 5.34. The monoisotopic (exact) mass is 223 g/mol. The van der Waals surface area contributed by atoms with E-state index >= 15 is 0 Å². The number of carbonyl (C=O) groups is 1. The molecule has 1 N–H and O–H groups in total. The summed E-state index contributed by atoms with van der Waals surface area (Å²) in [5.74, 6) is 0.204. The second kappa shape index (κ2) is 8.37. The molecule has 1 rings (SSSR count). The first kappa shape index (κ1) is 13.3. The highest BCUT2D eigenvalue weighted by Crippen LogP contribution is 2.15. The lowest BCUT2D eigenvalue weighted by molar-refractivity contribution is -0.123. The van der Waals surface area contributed by atoms with Gasteiger partial charge in [-0.15, -0.1) is 6.58 Å². The molecule has 2 nitrogen and oxygen atoms in total. The SMILES string of the molecule is C=CC1CCCCCCCCCCNC1=O. The van der Waals surface area contributed by atoms with Gasteiger partial charge in [-0.05, 0) is 12.8 Å². The molecule has 0 aromatic carbocycles. The van der Waals surface area contributed by atoms with Crippen molar-refractivity contribution in [2.75, 3.05) is 6.54 Å². The van der Waals surface area contributed by atoms with Gasteiger partial charge in [-0.25, -0.2) is 0 Å². The van der Waals surface area contributed by atoms with Crippen molar-refractivity contribution in [3.8, 4) is 0 Å². The van der Waals surface area contributed by atoms with E-state index in [0.29, 0.717) is 0 Å². The third-order valence-electron chi connectivity index (χ3n) is 3.36. The molecule has 16 heavy (non-hydrogen) atoms. The number of hydrogen-bond donors (Lipinski definition) is 1. The van der Waals surface area contributed by atoms with Crippen LogP contribution in [0.2, 0.25) is 0 Å². The van der Waals surface area contributed by atoms with Crippen LogP contribution in [-0.2, 0) is 4.79 Å². The predicted molar refractivity (Wildman–Crippen MR) is 68.2 cm³/mol. The highest BCUT2D eigenvalue weighted by molar-refractivity contribution is 5.80. The van der Waals surface area contributed by atoms with Gasteiger partial charge >= 0.3 is 0 Å². The lowest BCUT2D eigenvalue weighted by atomic mass is 9.99. The zero-order valence-corrected chi connectivity index (χ0v) is 10.3. The predicted octanol–water partition coefficient (Wildman–Crippen LogP) is 3.43. The minimum Gasteiger partial charge on any atom is -0.356 e. The Morgan fingerprint density at radius 3 is 2.19 bits per heavy atom. The molecule has 1 heterocycles. The number of amides is 1. The Bertz CT molecular complexity index is 213. The minimum atomic E-state index is 0.0285. The van der Waals surface area contributed by atoms with Crippen LogP contribution in [0.25, 0.3) is 0 Å². The maximum absolute atomic E-state index is 11.8. The molecule has 0 aromatic rings. The fourth-order valence-electron chi connectivity index (χ4n) is 2.25. The van der Waals surface area contributed by atoms with Crippen molar-refractivity contribution in [2.24, 2.45) is 5.92 Å². The minimum absolute atomic E-state index is 0.0285. The average Bonchev–Trinajstić information content (AvgIpc) is 2.31. The first-order valence-electron chi connectivity index (χ1n) is 6.75. The van der Waals surface area contributed by atoms with Gasteiger partial charge in [0.15, 0.2) is 0 Å². The zero-order valence-electron chi connectivity index (χ0n) is 10.3. The molecule has 0 saturated carbocycles. The maximum atomic E-state index is 11.8. The summed E-state index contributed by atoms with van der Waals surface area (Å²) in [5, 5.41) is 3.01. The Kier molecular flexibility index (Phi) is 6.95. The molecule has 0 bridgehead atoms. The summed E-state index contributed by atoms with van der Waals surface area (Å²) in [7, 11) is 0. The number of carbonyl (C=O) groups excluding carboxylic acids is 1. The van der Waals surface area contributed by atoms with Crippen LogP contribution in [0.15, 0.2) is 12.7 Å². The quantitative estimate of drug-likeness (QED) is 0.678. The number of nitrogens with one attached hydrogen (secondary N) is 1. The fraction of sp³-hybridized carbons (Fsp3) is 0.786. The van der Waals surface area contributed by atoms with E-state index < -0.39 is 0 Å². The summed E-state index contributed by atoms with van der Waals surface area (Å²) in [6.07, 6.45) is 12.9. The lowest BCUT2D eigenvalue weighted by Crippen LogP contribution is -2.30. The second-order valence-corrected chi connectivity index (χ2v) is 4.75. The third-order valence-corrected chi connectivity index (χ3v) is 3.36. The first-order valence-corrected chi connectivity index (χ1v) is 6.75. The largest absolute Gasteiger partial charge is 0.356 e. The Morgan fingerprint density at radius 1 is 1.00 bits per heavy atom. The van der Waals surface area contributed by atoms with Crippen molar-refractivity contribution in [2.45, 2.75) is 57.8 Å². The Balaban J connectivity index is 2.36. The molecule has 1 fully saturated rings. The van der Waals surface area contributed by atoms with Crippen LogP contribution in [0.1, 0.15) is 57.8 Å². The zero-order chi connectivity index (χ0) is 11.6. The highest BCUT2D eigenvalue weighted by Gasteiger charge is 2.13. The lowest BCUT2D eigenvalue weighted by Gasteiger charge is -2.12. The summed E-state index contributed by atoms with van der Waals surface area (Å²) in [6, 6.07) is 0. The summed E-state index contributed by atoms with van der Waals surface area (Å²) < 4.78 is 0. The van der Waals surface area contributed by atoms with Crippen LogP contribution in [0.4, 0.5) is 0 Å². The average molecular weight is 223 g/mol.